The van der Waals surface area contributed by atoms with E-state index in [1.54, 1.807) is 13.0 Å². The molecule has 0 fully saturated rings. The van der Waals surface area contributed by atoms with Crippen LogP contribution < -0.4 is 10.2 Å². The third-order valence-corrected chi connectivity index (χ3v) is 7.14. The first kappa shape index (κ1) is 27.3. The molecule has 6 rings (SSSR count). The second-order valence-corrected chi connectivity index (χ2v) is 10.1. The van der Waals surface area contributed by atoms with Gasteiger partial charge in [-0.3, -0.25) is 14.4 Å². The third-order valence-electron chi connectivity index (χ3n) is 7.14. The fourth-order valence-corrected chi connectivity index (χ4v) is 5.02. The van der Waals surface area contributed by atoms with Crippen LogP contribution in [0.3, 0.4) is 0 Å². The molecule has 10 nitrogen and oxygen atoms in total. The minimum atomic E-state index is -0.825. The number of hydrogen-bond donors (Lipinski definition) is 5. The van der Waals surface area contributed by atoms with Gasteiger partial charge in [0.2, 0.25) is 11.6 Å². The first-order valence-electron chi connectivity index (χ1n) is 12.6. The number of phenolic OH excluding ortho intramolecular Hbond substituents is 5. The number of hydrogen-bond acceptors (Lipinski definition) is 10. The molecule has 1 aliphatic heterocycles. The van der Waals surface area contributed by atoms with E-state index in [0.717, 1.165) is 17.7 Å². The van der Waals surface area contributed by atoms with Gasteiger partial charge in [0.15, 0.2) is 5.43 Å². The van der Waals surface area contributed by atoms with E-state index in [0.29, 0.717) is 35.7 Å². The number of allylic oxidation sites excluding steroid dienone is 1. The first-order valence-corrected chi connectivity index (χ1v) is 12.6. The largest absolute Gasteiger partial charge is 0.507 e. The van der Waals surface area contributed by atoms with Crippen LogP contribution in [-0.2, 0) is 6.42 Å². The van der Waals surface area contributed by atoms with Gasteiger partial charge in [-0.2, -0.15) is 0 Å². The van der Waals surface area contributed by atoms with Gasteiger partial charge in [0.05, 0.1) is 22.3 Å². The van der Waals surface area contributed by atoms with Gasteiger partial charge in [0, 0.05) is 17.7 Å². The highest BCUT2D eigenvalue weighted by atomic mass is 16.5. The Kier molecular flexibility index (Phi) is 6.49. The molecule has 2 aliphatic rings. The van der Waals surface area contributed by atoms with E-state index < -0.39 is 34.6 Å². The van der Waals surface area contributed by atoms with Gasteiger partial charge in [0.1, 0.15) is 57.8 Å². The zero-order valence-electron chi connectivity index (χ0n) is 22.6. The Morgan fingerprint density at radius 1 is 0.683 bits per heavy atom. The molecule has 1 aromatic heterocycles. The van der Waals surface area contributed by atoms with E-state index in [1.807, 2.05) is 13.0 Å². The molecular formula is C31H26O10. The Hall–Kier alpha value is -5.25. The number of phenols is 5. The average molecular weight is 559 g/mol. The lowest BCUT2D eigenvalue weighted by Gasteiger charge is -2.22. The molecule has 41 heavy (non-hydrogen) atoms. The van der Waals surface area contributed by atoms with E-state index >= 15 is 0 Å². The lowest BCUT2D eigenvalue weighted by atomic mass is 9.80. The Morgan fingerprint density at radius 3 is 1.76 bits per heavy atom. The van der Waals surface area contributed by atoms with Crippen LogP contribution in [0.4, 0.5) is 0 Å². The second kappa shape index (κ2) is 9.74. The number of carbonyl (C=O) groups is 2. The summed E-state index contributed by atoms with van der Waals surface area (Å²) in [4.78, 5) is 37.1. The van der Waals surface area contributed by atoms with Gasteiger partial charge in [-0.1, -0.05) is 6.08 Å². The molecule has 0 saturated heterocycles. The SMILES string of the molecule is CC1=CCc2c(cc3oc(C)cc(=O)c3c2O)OC1.Cc1cc(O)c2c(c1O)C(=O)c1c(O)cc(C)c(O)c1C2=O. The van der Waals surface area contributed by atoms with Gasteiger partial charge in [0.25, 0.3) is 0 Å². The molecule has 0 radical (unpaired) electrons. The summed E-state index contributed by atoms with van der Waals surface area (Å²) >= 11 is 0. The number of aryl methyl sites for hydroxylation is 3. The number of fused-ring (bicyclic) bond motifs is 4. The minimum Gasteiger partial charge on any atom is -0.507 e. The molecule has 3 aromatic carbocycles. The van der Waals surface area contributed by atoms with Crippen LogP contribution >= 0.6 is 0 Å². The van der Waals surface area contributed by atoms with Crippen molar-refractivity contribution in [3.8, 4) is 34.5 Å². The van der Waals surface area contributed by atoms with Crippen LogP contribution in [0.2, 0.25) is 0 Å². The van der Waals surface area contributed by atoms with Gasteiger partial charge in [-0.15, -0.1) is 0 Å². The lowest BCUT2D eigenvalue weighted by molar-refractivity contribution is 0.0969. The predicted octanol–water partition coefficient (Wildman–Crippen LogP) is 4.59. The Labute approximate surface area is 233 Å². The van der Waals surface area contributed by atoms with Crippen LogP contribution in [0.5, 0.6) is 34.5 Å². The highest BCUT2D eigenvalue weighted by Gasteiger charge is 2.39. The normalized spacial score (nSPS) is 13.7. The Balaban J connectivity index is 0.000000166. The molecule has 4 aromatic rings. The highest BCUT2D eigenvalue weighted by molar-refractivity contribution is 6.32. The molecule has 2 heterocycles. The summed E-state index contributed by atoms with van der Waals surface area (Å²) in [5.74, 6) is -2.39. The molecule has 0 bridgehead atoms. The van der Waals surface area contributed by atoms with Crippen molar-refractivity contribution in [2.45, 2.75) is 34.1 Å². The number of aromatic hydroxyl groups is 5. The smallest absolute Gasteiger partial charge is 0.202 e. The molecule has 10 heteroatoms. The van der Waals surface area contributed by atoms with Crippen molar-refractivity contribution in [3.63, 3.8) is 0 Å². The van der Waals surface area contributed by atoms with Crippen molar-refractivity contribution in [1.82, 2.24) is 0 Å². The van der Waals surface area contributed by atoms with Crippen molar-refractivity contribution in [2.75, 3.05) is 6.61 Å². The summed E-state index contributed by atoms with van der Waals surface area (Å²) in [5, 5.41) is 50.6. The van der Waals surface area contributed by atoms with Gasteiger partial charge in [-0.05, 0) is 62.9 Å². The summed E-state index contributed by atoms with van der Waals surface area (Å²) in [7, 11) is 0. The first-order chi connectivity index (χ1) is 19.3. The zero-order chi connectivity index (χ0) is 29.9. The number of rotatable bonds is 0. The van der Waals surface area contributed by atoms with Crippen LogP contribution in [-0.4, -0.2) is 43.7 Å². The lowest BCUT2D eigenvalue weighted by Crippen LogP contribution is -2.22. The number of benzene rings is 3. The third kappa shape index (κ3) is 4.33. The molecule has 5 N–H and O–H groups in total. The van der Waals surface area contributed by atoms with Crippen molar-refractivity contribution in [2.24, 2.45) is 0 Å². The highest BCUT2D eigenvalue weighted by Crippen LogP contribution is 2.45. The van der Waals surface area contributed by atoms with Crippen LogP contribution in [0, 0.1) is 20.8 Å². The van der Waals surface area contributed by atoms with Gasteiger partial charge in [-0.25, -0.2) is 0 Å². The fourth-order valence-electron chi connectivity index (χ4n) is 5.02. The summed E-state index contributed by atoms with van der Waals surface area (Å²) in [6.45, 7) is 7.09. The Bertz CT molecular complexity index is 1840. The molecule has 1 aliphatic carbocycles. The molecule has 0 unspecified atom stereocenters. The van der Waals surface area contributed by atoms with Gasteiger partial charge < -0.3 is 34.7 Å². The van der Waals surface area contributed by atoms with Crippen molar-refractivity contribution < 1.29 is 44.3 Å². The van der Waals surface area contributed by atoms with Crippen LogP contribution in [0.25, 0.3) is 11.0 Å². The molecular weight excluding hydrogens is 532 g/mol. The molecule has 0 saturated carbocycles. The van der Waals surface area contributed by atoms with Crippen LogP contribution in [0.1, 0.15) is 61.2 Å². The maximum atomic E-state index is 12.6. The average Bonchev–Trinajstić information content (AvgIpc) is 3.08. The van der Waals surface area contributed by atoms with Gasteiger partial charge >= 0.3 is 0 Å². The maximum Gasteiger partial charge on any atom is 0.202 e. The summed E-state index contributed by atoms with van der Waals surface area (Å²) in [6, 6.07) is 5.40. The van der Waals surface area contributed by atoms with Crippen molar-refractivity contribution in [3.05, 3.63) is 90.8 Å². The molecule has 0 amide bonds. The summed E-state index contributed by atoms with van der Waals surface area (Å²) < 4.78 is 11.1. The van der Waals surface area contributed by atoms with Crippen LogP contribution in [0.15, 0.2) is 45.1 Å². The van der Waals surface area contributed by atoms with E-state index in [4.69, 9.17) is 9.15 Å². The van der Waals surface area contributed by atoms with E-state index in [1.165, 1.54) is 19.9 Å². The number of carbonyl (C=O) groups excluding carboxylic acids is 2. The van der Waals surface area contributed by atoms with E-state index in [9.17, 15) is 39.9 Å². The fraction of sp³-hybridized carbons (Fsp3) is 0.194. The maximum absolute atomic E-state index is 12.6. The number of ketones is 2. The molecule has 0 atom stereocenters. The summed E-state index contributed by atoms with van der Waals surface area (Å²) in [6.07, 6.45) is 2.55. The zero-order valence-corrected chi connectivity index (χ0v) is 22.6. The minimum absolute atomic E-state index is 0.0350. The summed E-state index contributed by atoms with van der Waals surface area (Å²) in [5.41, 5.74) is 0.817. The standard InChI is InChI=1S/C16H12O6.C15H14O4/c1-5-3-7(17)9-11(13(5)19)15(21)10-8(18)4-6(2)14(20)12(10)16(9)22;1-8-3-4-10-12(18-7-8)6-13-14(15(10)17)11(16)5-9(2)19-13/h3-4,17-20H,1-2H3;3,5-6,17H,4,7H2,1-2H3. The topological polar surface area (TPSA) is 175 Å². The monoisotopic (exact) mass is 558 g/mol. The molecule has 210 valence electrons. The Morgan fingerprint density at radius 2 is 1.22 bits per heavy atom. The van der Waals surface area contributed by atoms with Crippen molar-refractivity contribution >= 4 is 22.5 Å². The van der Waals surface area contributed by atoms with E-state index in [-0.39, 0.29) is 49.9 Å². The van der Waals surface area contributed by atoms with E-state index in [2.05, 4.69) is 0 Å². The van der Waals surface area contributed by atoms with Crippen molar-refractivity contribution in [1.29, 1.82) is 0 Å². The predicted molar refractivity (Wildman–Crippen MR) is 148 cm³/mol. The number of ether oxygens (including phenoxy) is 1. The molecule has 0 spiro atoms. The quantitative estimate of drug-likeness (QED) is 0.134. The second-order valence-electron chi connectivity index (χ2n) is 10.1.